The number of carbonyl (C=O) groups is 2. The molecule has 0 aromatic heterocycles. The molecule has 1 aliphatic carbocycles. The maximum absolute atomic E-state index is 13.5. The third-order valence-electron chi connectivity index (χ3n) is 4.77. The summed E-state index contributed by atoms with van der Waals surface area (Å²) in [4.78, 5) is 28.0. The van der Waals surface area contributed by atoms with E-state index in [4.69, 9.17) is 0 Å². The molecule has 1 saturated heterocycles. The molecule has 6 heteroatoms. The lowest BCUT2D eigenvalue weighted by molar-refractivity contribution is -0.145. The molecule has 0 spiro atoms. The van der Waals surface area contributed by atoms with Crippen LogP contribution in [-0.2, 0) is 15.0 Å². The molecule has 0 radical (unpaired) electrons. The zero-order valence-electron chi connectivity index (χ0n) is 13.2. The Morgan fingerprint density at radius 1 is 1.17 bits per heavy atom. The molecule has 23 heavy (non-hydrogen) atoms. The van der Waals surface area contributed by atoms with Crippen LogP contribution in [-0.4, -0.2) is 59.0 Å². The van der Waals surface area contributed by atoms with Crippen molar-refractivity contribution in [1.82, 2.24) is 9.80 Å². The van der Waals surface area contributed by atoms with Gasteiger partial charge in [-0.3, -0.25) is 9.59 Å². The van der Waals surface area contributed by atoms with Gasteiger partial charge in [0.1, 0.15) is 11.9 Å². The van der Waals surface area contributed by atoms with Crippen LogP contribution in [0.15, 0.2) is 24.3 Å². The smallest absolute Gasteiger partial charge is 0.251 e. The molecule has 1 atom stereocenters. The highest BCUT2D eigenvalue weighted by Gasteiger charge is 2.53. The molecule has 1 aromatic carbocycles. The Hall–Kier alpha value is -1.95. The monoisotopic (exact) mass is 320 g/mol. The Kier molecular flexibility index (Phi) is 4.10. The molecule has 1 aromatic rings. The zero-order chi connectivity index (χ0) is 16.6. The SMILES string of the molecule is CC(O)C(=O)N1CCN(C(=O)C2(c3cccc(F)c3)CC2)CC1. The lowest BCUT2D eigenvalue weighted by atomic mass is 9.94. The first-order valence-electron chi connectivity index (χ1n) is 7.96. The second kappa shape index (κ2) is 5.92. The van der Waals surface area contributed by atoms with E-state index in [0.717, 1.165) is 18.4 Å². The van der Waals surface area contributed by atoms with Crippen molar-refractivity contribution in [2.75, 3.05) is 26.2 Å². The van der Waals surface area contributed by atoms with E-state index < -0.39 is 11.5 Å². The Morgan fingerprint density at radius 2 is 1.78 bits per heavy atom. The van der Waals surface area contributed by atoms with Gasteiger partial charge in [-0.25, -0.2) is 4.39 Å². The number of halogens is 1. The van der Waals surface area contributed by atoms with Crippen molar-refractivity contribution in [3.05, 3.63) is 35.6 Å². The van der Waals surface area contributed by atoms with Crippen LogP contribution in [0.4, 0.5) is 4.39 Å². The van der Waals surface area contributed by atoms with Gasteiger partial charge in [-0.05, 0) is 37.5 Å². The maximum atomic E-state index is 13.5. The average Bonchev–Trinajstić information content (AvgIpc) is 3.35. The van der Waals surface area contributed by atoms with Crippen molar-refractivity contribution in [3.8, 4) is 0 Å². The number of benzene rings is 1. The molecule has 1 unspecified atom stereocenters. The first kappa shape index (κ1) is 15.9. The predicted octanol–water partition coefficient (Wildman–Crippen LogP) is 0.909. The van der Waals surface area contributed by atoms with Gasteiger partial charge in [0, 0.05) is 26.2 Å². The first-order valence-corrected chi connectivity index (χ1v) is 7.96. The quantitative estimate of drug-likeness (QED) is 0.900. The van der Waals surface area contributed by atoms with Crippen molar-refractivity contribution in [2.24, 2.45) is 0 Å². The van der Waals surface area contributed by atoms with Gasteiger partial charge in [-0.1, -0.05) is 12.1 Å². The molecule has 2 aliphatic rings. The molecule has 124 valence electrons. The number of aliphatic hydroxyl groups is 1. The van der Waals surface area contributed by atoms with Gasteiger partial charge >= 0.3 is 0 Å². The summed E-state index contributed by atoms with van der Waals surface area (Å²) in [5, 5.41) is 9.35. The fraction of sp³-hybridized carbons (Fsp3) is 0.529. The van der Waals surface area contributed by atoms with E-state index in [9.17, 15) is 19.1 Å². The van der Waals surface area contributed by atoms with E-state index >= 15 is 0 Å². The van der Waals surface area contributed by atoms with Crippen LogP contribution < -0.4 is 0 Å². The Labute approximate surface area is 134 Å². The number of hydrogen-bond donors (Lipinski definition) is 1. The lowest BCUT2D eigenvalue weighted by Crippen LogP contribution is -2.54. The zero-order valence-corrected chi connectivity index (χ0v) is 13.2. The van der Waals surface area contributed by atoms with Crippen LogP contribution in [0.3, 0.4) is 0 Å². The highest BCUT2D eigenvalue weighted by molar-refractivity contribution is 5.91. The Morgan fingerprint density at radius 3 is 2.30 bits per heavy atom. The van der Waals surface area contributed by atoms with E-state index in [1.54, 1.807) is 21.9 Å². The third-order valence-corrected chi connectivity index (χ3v) is 4.77. The van der Waals surface area contributed by atoms with Gasteiger partial charge in [-0.15, -0.1) is 0 Å². The second-order valence-electron chi connectivity index (χ2n) is 6.39. The fourth-order valence-corrected chi connectivity index (χ4v) is 3.23. The number of rotatable bonds is 3. The van der Waals surface area contributed by atoms with Crippen molar-refractivity contribution in [2.45, 2.75) is 31.3 Å². The maximum Gasteiger partial charge on any atom is 0.251 e. The average molecular weight is 320 g/mol. The van der Waals surface area contributed by atoms with Gasteiger partial charge < -0.3 is 14.9 Å². The highest BCUT2D eigenvalue weighted by atomic mass is 19.1. The molecule has 5 nitrogen and oxygen atoms in total. The van der Waals surface area contributed by atoms with Gasteiger partial charge in [0.25, 0.3) is 5.91 Å². The number of aliphatic hydroxyl groups excluding tert-OH is 1. The molecule has 1 N–H and O–H groups in total. The van der Waals surface area contributed by atoms with Crippen molar-refractivity contribution >= 4 is 11.8 Å². The number of nitrogens with zero attached hydrogens (tertiary/aromatic N) is 2. The molecule has 3 rings (SSSR count). The number of amides is 2. The summed E-state index contributed by atoms with van der Waals surface area (Å²) in [7, 11) is 0. The van der Waals surface area contributed by atoms with Crippen molar-refractivity contribution in [1.29, 1.82) is 0 Å². The first-order chi connectivity index (χ1) is 10.9. The Balaban J connectivity index is 1.67. The standard InChI is InChI=1S/C17H21FN2O3/c1-12(21)15(22)19-7-9-20(10-8-19)16(23)17(5-6-17)13-3-2-4-14(18)11-13/h2-4,11-12,21H,5-10H2,1H3. The van der Waals surface area contributed by atoms with Gasteiger partial charge in [0.15, 0.2) is 0 Å². The summed E-state index contributed by atoms with van der Waals surface area (Å²) < 4.78 is 13.5. The normalized spacial score (nSPS) is 21.0. The van der Waals surface area contributed by atoms with Crippen LogP contribution in [0.25, 0.3) is 0 Å². The minimum absolute atomic E-state index is 0.0206. The van der Waals surface area contributed by atoms with Crippen LogP contribution >= 0.6 is 0 Å². The summed E-state index contributed by atoms with van der Waals surface area (Å²) >= 11 is 0. The number of carbonyl (C=O) groups excluding carboxylic acids is 2. The summed E-state index contributed by atoms with van der Waals surface area (Å²) in [6, 6.07) is 6.26. The summed E-state index contributed by atoms with van der Waals surface area (Å²) in [5.74, 6) is -0.607. The van der Waals surface area contributed by atoms with E-state index in [0.29, 0.717) is 26.2 Å². The molecule has 1 heterocycles. The molecule has 0 bridgehead atoms. The molecule has 2 amide bonds. The highest BCUT2D eigenvalue weighted by Crippen LogP contribution is 2.49. The van der Waals surface area contributed by atoms with Crippen molar-refractivity contribution < 1.29 is 19.1 Å². The third kappa shape index (κ3) is 2.95. The van der Waals surface area contributed by atoms with E-state index in [2.05, 4.69) is 0 Å². The fourth-order valence-electron chi connectivity index (χ4n) is 3.23. The van der Waals surface area contributed by atoms with Crippen molar-refractivity contribution in [3.63, 3.8) is 0 Å². The van der Waals surface area contributed by atoms with Gasteiger partial charge in [0.05, 0.1) is 5.41 Å². The van der Waals surface area contributed by atoms with E-state index in [-0.39, 0.29) is 17.6 Å². The minimum atomic E-state index is -1.01. The van der Waals surface area contributed by atoms with E-state index in [1.807, 2.05) is 0 Å². The Bertz CT molecular complexity index is 620. The molecule has 1 saturated carbocycles. The van der Waals surface area contributed by atoms with E-state index in [1.165, 1.54) is 19.1 Å². The van der Waals surface area contributed by atoms with Gasteiger partial charge in [0.2, 0.25) is 5.91 Å². The molecular weight excluding hydrogens is 299 g/mol. The number of hydrogen-bond acceptors (Lipinski definition) is 3. The second-order valence-corrected chi connectivity index (χ2v) is 6.39. The van der Waals surface area contributed by atoms with Crippen LogP contribution in [0.5, 0.6) is 0 Å². The minimum Gasteiger partial charge on any atom is -0.384 e. The molecular formula is C17H21FN2O3. The summed E-state index contributed by atoms with van der Waals surface area (Å²) in [6.07, 6.45) is 0.462. The summed E-state index contributed by atoms with van der Waals surface area (Å²) in [6.45, 7) is 3.20. The topological polar surface area (TPSA) is 60.9 Å². The molecule has 1 aliphatic heterocycles. The van der Waals surface area contributed by atoms with Crippen LogP contribution in [0, 0.1) is 5.82 Å². The number of piperazine rings is 1. The van der Waals surface area contributed by atoms with Crippen LogP contribution in [0.1, 0.15) is 25.3 Å². The lowest BCUT2D eigenvalue weighted by Gasteiger charge is -2.37. The van der Waals surface area contributed by atoms with Gasteiger partial charge in [-0.2, -0.15) is 0 Å². The van der Waals surface area contributed by atoms with Crippen LogP contribution in [0.2, 0.25) is 0 Å². The largest absolute Gasteiger partial charge is 0.384 e. The summed E-state index contributed by atoms with van der Waals surface area (Å²) in [5.41, 5.74) is 0.156. The molecule has 2 fully saturated rings. The predicted molar refractivity (Wildman–Crippen MR) is 82.2 cm³/mol.